The Morgan fingerprint density at radius 1 is 0.759 bits per heavy atom. The molecule has 0 aromatic heterocycles. The van der Waals surface area contributed by atoms with Gasteiger partial charge in [-0.3, -0.25) is 19.4 Å². The number of carbonyl (C=O) groups is 3. The number of halogens is 1. The molecule has 0 spiro atoms. The van der Waals surface area contributed by atoms with E-state index >= 15 is 0 Å². The maximum atomic E-state index is 14.5. The minimum atomic E-state index is -1.16. The van der Waals surface area contributed by atoms with Crippen molar-refractivity contribution < 1.29 is 28.6 Å². The van der Waals surface area contributed by atoms with E-state index < -0.39 is 23.0 Å². The van der Waals surface area contributed by atoms with Gasteiger partial charge in [0.25, 0.3) is 5.24 Å². The summed E-state index contributed by atoms with van der Waals surface area (Å²) >= 11 is 7.14. The molecule has 3 atom stereocenters. The molecular formula is C44H41ClN2O6S. The van der Waals surface area contributed by atoms with E-state index in [1.54, 1.807) is 23.1 Å². The first-order valence-electron chi connectivity index (χ1n) is 18.0. The van der Waals surface area contributed by atoms with Crippen LogP contribution in [0.5, 0.6) is 11.5 Å². The highest BCUT2D eigenvalue weighted by Crippen LogP contribution is 2.48. The van der Waals surface area contributed by atoms with E-state index in [0.717, 1.165) is 34.0 Å². The lowest BCUT2D eigenvalue weighted by molar-refractivity contribution is -0.129. The average Bonchev–Trinajstić information content (AvgIpc) is 3.69. The topological polar surface area (TPSA) is 85.4 Å². The van der Waals surface area contributed by atoms with Crippen LogP contribution in [0, 0.1) is 5.92 Å². The summed E-state index contributed by atoms with van der Waals surface area (Å²) in [7, 11) is 0. The Morgan fingerprint density at radius 2 is 1.35 bits per heavy atom. The molecule has 0 radical (unpaired) electrons. The number of hydrogen-bond acceptors (Lipinski definition) is 7. The third kappa shape index (κ3) is 7.70. The second-order valence-corrected chi connectivity index (χ2v) is 15.3. The van der Waals surface area contributed by atoms with Gasteiger partial charge in [0, 0.05) is 5.02 Å². The Morgan fingerprint density at radius 3 is 1.91 bits per heavy atom. The second kappa shape index (κ2) is 16.4. The number of imide groups is 1. The Kier molecular flexibility index (Phi) is 11.3. The third-order valence-electron chi connectivity index (χ3n) is 9.90. The van der Waals surface area contributed by atoms with E-state index in [1.165, 1.54) is 4.90 Å². The molecule has 2 saturated heterocycles. The van der Waals surface area contributed by atoms with Crippen LogP contribution in [0.25, 0.3) is 0 Å². The lowest BCUT2D eigenvalue weighted by Gasteiger charge is -2.42. The van der Waals surface area contributed by atoms with Crippen LogP contribution in [0.4, 0.5) is 9.59 Å². The van der Waals surface area contributed by atoms with Crippen molar-refractivity contribution in [3.8, 4) is 11.5 Å². The molecule has 5 aromatic carbocycles. The molecule has 2 heterocycles. The first-order chi connectivity index (χ1) is 26.2. The monoisotopic (exact) mass is 760 g/mol. The number of rotatable bonds is 14. The van der Waals surface area contributed by atoms with E-state index in [1.807, 2.05) is 135 Å². The minimum Gasteiger partial charge on any atom is -0.491 e. The summed E-state index contributed by atoms with van der Waals surface area (Å²) in [5.41, 5.74) is 2.23. The molecule has 54 heavy (non-hydrogen) atoms. The highest BCUT2D eigenvalue weighted by atomic mass is 35.5. The number of benzene rings is 5. The molecule has 0 aliphatic carbocycles. The zero-order chi connectivity index (χ0) is 37.7. The van der Waals surface area contributed by atoms with Crippen molar-refractivity contribution in [2.45, 2.75) is 43.2 Å². The summed E-state index contributed by atoms with van der Waals surface area (Å²) in [5, 5.41) is -0.329. The van der Waals surface area contributed by atoms with Gasteiger partial charge in [0.2, 0.25) is 5.91 Å². The van der Waals surface area contributed by atoms with Gasteiger partial charge < -0.3 is 14.2 Å². The molecule has 3 unspecified atom stereocenters. The lowest BCUT2D eigenvalue weighted by atomic mass is 9.75. The molecule has 0 bridgehead atoms. The normalized spacial score (nSPS) is 17.9. The van der Waals surface area contributed by atoms with Crippen molar-refractivity contribution in [1.29, 1.82) is 0 Å². The van der Waals surface area contributed by atoms with Crippen LogP contribution in [-0.2, 0) is 21.5 Å². The highest BCUT2D eigenvalue weighted by molar-refractivity contribution is 8.15. The second-order valence-electron chi connectivity index (χ2n) is 13.8. The van der Waals surface area contributed by atoms with Crippen molar-refractivity contribution in [2.24, 2.45) is 5.92 Å². The van der Waals surface area contributed by atoms with Crippen molar-refractivity contribution in [2.75, 3.05) is 19.8 Å². The molecule has 0 N–H and O–H groups in total. The molecule has 3 amide bonds. The molecule has 0 saturated carbocycles. The summed E-state index contributed by atoms with van der Waals surface area (Å²) in [6.45, 7) is 4.96. The number of amides is 3. The van der Waals surface area contributed by atoms with Gasteiger partial charge >= 0.3 is 6.09 Å². The van der Waals surface area contributed by atoms with Crippen LogP contribution < -0.4 is 9.47 Å². The largest absolute Gasteiger partial charge is 0.491 e. The predicted octanol–water partition coefficient (Wildman–Crippen LogP) is 9.24. The third-order valence-corrected chi connectivity index (χ3v) is 11.2. The number of thioether (sulfide) groups is 1. The van der Waals surface area contributed by atoms with Gasteiger partial charge in [-0.05, 0) is 64.9 Å². The zero-order valence-corrected chi connectivity index (χ0v) is 31.6. The minimum absolute atomic E-state index is 0.102. The number of nitrogens with zero attached hydrogens (tertiary/aromatic N) is 2. The first kappa shape index (κ1) is 37.1. The van der Waals surface area contributed by atoms with Crippen LogP contribution in [-0.4, -0.2) is 64.2 Å². The van der Waals surface area contributed by atoms with Crippen molar-refractivity contribution >= 4 is 40.6 Å². The SMILES string of the molecule is CC(C)C(COc1ccc(CC2SC(=O)N(C(c3ccccc3)(c3ccccc3)c3ccccc3)C2=O)cc1)N1CC(COc2cccc(Cl)c2)OC1=O. The number of ether oxygens (including phenoxy) is 3. The Hall–Kier alpha value is -5.25. The van der Waals surface area contributed by atoms with E-state index in [4.69, 9.17) is 25.8 Å². The van der Waals surface area contributed by atoms with Gasteiger partial charge in [0.05, 0.1) is 17.8 Å². The summed E-state index contributed by atoms with van der Waals surface area (Å²) in [6, 6.07) is 43.7. The van der Waals surface area contributed by atoms with Crippen molar-refractivity contribution in [3.63, 3.8) is 0 Å². The lowest BCUT2D eigenvalue weighted by Crippen LogP contribution is -2.51. The summed E-state index contributed by atoms with van der Waals surface area (Å²) in [4.78, 5) is 44.7. The predicted molar refractivity (Wildman–Crippen MR) is 211 cm³/mol. The highest BCUT2D eigenvalue weighted by Gasteiger charge is 2.54. The van der Waals surface area contributed by atoms with E-state index in [9.17, 15) is 14.4 Å². The molecule has 2 aliphatic rings. The molecule has 2 aliphatic heterocycles. The molecule has 7 rings (SSSR count). The fraction of sp³-hybridized carbons (Fsp3) is 0.250. The molecule has 5 aromatic rings. The molecule has 276 valence electrons. The molecule has 8 nitrogen and oxygen atoms in total. The molecule has 10 heteroatoms. The number of carbonyl (C=O) groups excluding carboxylic acids is 3. The molecular weight excluding hydrogens is 720 g/mol. The maximum absolute atomic E-state index is 14.5. The van der Waals surface area contributed by atoms with Gasteiger partial charge in [-0.15, -0.1) is 0 Å². The quantitative estimate of drug-likeness (QED) is 0.104. The van der Waals surface area contributed by atoms with E-state index in [0.29, 0.717) is 29.5 Å². The fourth-order valence-corrected chi connectivity index (χ4v) is 8.46. The Labute approximate surface area is 325 Å². The van der Waals surface area contributed by atoms with Gasteiger partial charge in [0.15, 0.2) is 6.10 Å². The standard InChI is InChI=1S/C44H41ClN2O6S/c1-30(2)39(46-27-38(53-42(46)49)28-51-37-20-12-19-35(45)26-37)29-52-36-23-21-31(22-24-36)25-40-41(48)47(43(50)54-40)44(32-13-6-3-7-14-32,33-15-8-4-9-16-33)34-17-10-5-11-18-34/h3-24,26,30,38-40H,25,27-29H2,1-2H3. The number of cyclic esters (lactones) is 1. The first-order valence-corrected chi connectivity index (χ1v) is 19.3. The summed E-state index contributed by atoms with van der Waals surface area (Å²) < 4.78 is 17.7. The van der Waals surface area contributed by atoms with E-state index in [-0.39, 0.29) is 36.3 Å². The zero-order valence-electron chi connectivity index (χ0n) is 30.0. The molecule has 2 fully saturated rings. The smallest absolute Gasteiger partial charge is 0.410 e. The van der Waals surface area contributed by atoms with Crippen LogP contribution in [0.3, 0.4) is 0 Å². The Balaban J connectivity index is 1.03. The van der Waals surface area contributed by atoms with Gasteiger partial charge in [-0.25, -0.2) is 4.79 Å². The van der Waals surface area contributed by atoms with Crippen LogP contribution >= 0.6 is 23.4 Å². The van der Waals surface area contributed by atoms with Gasteiger partial charge in [0.1, 0.15) is 30.3 Å². The van der Waals surface area contributed by atoms with Gasteiger partial charge in [-0.1, -0.05) is 146 Å². The van der Waals surface area contributed by atoms with Crippen LogP contribution in [0.2, 0.25) is 5.02 Å². The van der Waals surface area contributed by atoms with Crippen molar-refractivity contribution in [3.05, 3.63) is 167 Å². The van der Waals surface area contributed by atoms with Crippen LogP contribution in [0.1, 0.15) is 36.1 Å². The average molecular weight is 761 g/mol. The Bertz CT molecular complexity index is 1970. The maximum Gasteiger partial charge on any atom is 0.410 e. The van der Waals surface area contributed by atoms with Crippen molar-refractivity contribution in [1.82, 2.24) is 9.80 Å². The summed E-state index contributed by atoms with van der Waals surface area (Å²) in [6.07, 6.45) is -0.451. The fourth-order valence-electron chi connectivity index (χ4n) is 7.22. The number of hydrogen-bond donors (Lipinski definition) is 0. The van der Waals surface area contributed by atoms with Crippen LogP contribution in [0.15, 0.2) is 140 Å². The van der Waals surface area contributed by atoms with E-state index in [2.05, 4.69) is 0 Å². The summed E-state index contributed by atoms with van der Waals surface area (Å²) in [5.74, 6) is 1.11. The van der Waals surface area contributed by atoms with Gasteiger partial charge in [-0.2, -0.15) is 0 Å².